The smallest absolute Gasteiger partial charge is 0.387 e. The normalized spacial score (nSPS) is 20.9. The van der Waals surface area contributed by atoms with E-state index in [0.29, 0.717) is 30.0 Å². The minimum Gasteiger partial charge on any atom is -0.434 e. The van der Waals surface area contributed by atoms with Crippen molar-refractivity contribution in [3.8, 4) is 5.75 Å². The Hall–Kier alpha value is -1.24. The number of hydrogen-bond acceptors (Lipinski definition) is 5. The van der Waals surface area contributed by atoms with Crippen LogP contribution in [-0.4, -0.2) is 76.1 Å². The lowest BCUT2D eigenvalue weighted by molar-refractivity contribution is -0.0504. The number of rotatable bonds is 9. The van der Waals surface area contributed by atoms with Crippen LogP contribution in [0.3, 0.4) is 0 Å². The highest BCUT2D eigenvalue weighted by Crippen LogP contribution is 2.22. The first kappa shape index (κ1) is 26.0. The lowest BCUT2D eigenvalue weighted by atomic mass is 9.97. The SMILES string of the molecule is CCNC(=NCc1ccccc1OC(F)F)NCC(C1CCOC1)N1CCOCC1.I. The monoisotopic (exact) mass is 554 g/mol. The van der Waals surface area contributed by atoms with Crippen molar-refractivity contribution >= 4 is 29.9 Å². The van der Waals surface area contributed by atoms with Gasteiger partial charge in [0.1, 0.15) is 5.75 Å². The number of alkyl halides is 2. The van der Waals surface area contributed by atoms with E-state index in [1.165, 1.54) is 6.07 Å². The molecule has 0 amide bonds. The van der Waals surface area contributed by atoms with Crippen molar-refractivity contribution in [2.45, 2.75) is 32.5 Å². The highest BCUT2D eigenvalue weighted by atomic mass is 127. The quantitative estimate of drug-likeness (QED) is 0.278. The maximum absolute atomic E-state index is 12.6. The van der Waals surface area contributed by atoms with Crippen LogP contribution in [0.2, 0.25) is 0 Å². The second-order valence-corrected chi connectivity index (χ2v) is 7.40. The third-order valence-electron chi connectivity index (χ3n) is 5.44. The largest absolute Gasteiger partial charge is 0.434 e. The van der Waals surface area contributed by atoms with Crippen LogP contribution in [0, 0.1) is 5.92 Å². The number of ether oxygens (including phenoxy) is 3. The lowest BCUT2D eigenvalue weighted by Crippen LogP contribution is -2.53. The zero-order chi connectivity index (χ0) is 21.2. The summed E-state index contributed by atoms with van der Waals surface area (Å²) in [6.45, 7) is 5.72. The molecule has 31 heavy (non-hydrogen) atoms. The number of morpholine rings is 1. The summed E-state index contributed by atoms with van der Waals surface area (Å²) in [5.74, 6) is 1.28. The maximum atomic E-state index is 12.6. The number of halogens is 3. The van der Waals surface area contributed by atoms with E-state index in [9.17, 15) is 8.78 Å². The minimum atomic E-state index is -2.86. The Bertz CT molecular complexity index is 672. The molecule has 2 aliphatic rings. The topological polar surface area (TPSA) is 67.4 Å². The fraction of sp³-hybridized carbons (Fsp3) is 0.667. The summed E-state index contributed by atoms with van der Waals surface area (Å²) in [6, 6.07) is 7.07. The standard InChI is InChI=1S/C21H32F2N4O3.HI/c1-2-24-21(25-13-16-5-3-4-6-19(16)30-20(22)23)26-14-18(17-7-10-29-15-17)27-8-11-28-12-9-27;/h3-6,17-18,20H,2,7-15H2,1H3,(H2,24,25,26);1H. The van der Waals surface area contributed by atoms with Crippen molar-refractivity contribution in [1.82, 2.24) is 15.5 Å². The van der Waals surface area contributed by atoms with Gasteiger partial charge >= 0.3 is 6.61 Å². The molecular weight excluding hydrogens is 521 g/mol. The van der Waals surface area contributed by atoms with E-state index in [4.69, 9.17) is 9.47 Å². The van der Waals surface area contributed by atoms with Gasteiger partial charge in [-0.2, -0.15) is 8.78 Å². The van der Waals surface area contributed by atoms with Crippen LogP contribution in [0.1, 0.15) is 18.9 Å². The second-order valence-electron chi connectivity index (χ2n) is 7.40. The van der Waals surface area contributed by atoms with Gasteiger partial charge in [0, 0.05) is 50.3 Å². The molecule has 0 saturated carbocycles. The molecule has 3 rings (SSSR count). The number of nitrogens with one attached hydrogen (secondary N) is 2. The van der Waals surface area contributed by atoms with Gasteiger partial charge in [-0.25, -0.2) is 4.99 Å². The van der Waals surface area contributed by atoms with Crippen molar-refractivity contribution in [2.75, 3.05) is 52.6 Å². The van der Waals surface area contributed by atoms with E-state index < -0.39 is 6.61 Å². The van der Waals surface area contributed by atoms with Crippen LogP contribution < -0.4 is 15.4 Å². The lowest BCUT2D eigenvalue weighted by Gasteiger charge is -2.37. The van der Waals surface area contributed by atoms with Crippen LogP contribution in [-0.2, 0) is 16.0 Å². The first-order valence-electron chi connectivity index (χ1n) is 10.6. The first-order valence-corrected chi connectivity index (χ1v) is 10.6. The van der Waals surface area contributed by atoms with Gasteiger partial charge in [-0.05, 0) is 19.4 Å². The summed E-state index contributed by atoms with van der Waals surface area (Å²) in [6.07, 6.45) is 1.05. The summed E-state index contributed by atoms with van der Waals surface area (Å²) in [5.41, 5.74) is 0.615. The number of para-hydroxylation sites is 1. The van der Waals surface area contributed by atoms with Gasteiger partial charge in [-0.3, -0.25) is 4.90 Å². The average molecular weight is 554 g/mol. The highest BCUT2D eigenvalue weighted by molar-refractivity contribution is 14.0. The highest BCUT2D eigenvalue weighted by Gasteiger charge is 2.31. The molecule has 2 N–H and O–H groups in total. The van der Waals surface area contributed by atoms with E-state index in [1.54, 1.807) is 18.2 Å². The molecule has 2 heterocycles. The third kappa shape index (κ3) is 8.32. The van der Waals surface area contributed by atoms with E-state index >= 15 is 0 Å². The molecule has 2 fully saturated rings. The van der Waals surface area contributed by atoms with Crippen molar-refractivity contribution in [3.63, 3.8) is 0 Å². The maximum Gasteiger partial charge on any atom is 0.387 e. The van der Waals surface area contributed by atoms with Gasteiger partial charge < -0.3 is 24.8 Å². The molecule has 0 bridgehead atoms. The number of aliphatic imine (C=N–C) groups is 1. The van der Waals surface area contributed by atoms with Crippen LogP contribution in [0.15, 0.2) is 29.3 Å². The molecule has 176 valence electrons. The molecule has 2 unspecified atom stereocenters. The van der Waals surface area contributed by atoms with Crippen molar-refractivity contribution in [3.05, 3.63) is 29.8 Å². The van der Waals surface area contributed by atoms with Crippen LogP contribution in [0.4, 0.5) is 8.78 Å². The predicted octanol–water partition coefficient (Wildman–Crippen LogP) is 2.70. The Morgan fingerprint density at radius 1 is 1.19 bits per heavy atom. The van der Waals surface area contributed by atoms with Crippen LogP contribution in [0.5, 0.6) is 5.75 Å². The molecule has 1 aromatic rings. The molecule has 7 nitrogen and oxygen atoms in total. The Labute approximate surface area is 199 Å². The molecule has 0 aromatic heterocycles. The summed E-state index contributed by atoms with van der Waals surface area (Å²) < 4.78 is 41.0. The fourth-order valence-corrected chi connectivity index (χ4v) is 3.91. The number of guanidine groups is 1. The Balaban J connectivity index is 0.00000341. The Morgan fingerprint density at radius 3 is 2.65 bits per heavy atom. The molecule has 0 radical (unpaired) electrons. The molecule has 0 spiro atoms. The summed E-state index contributed by atoms with van der Waals surface area (Å²) >= 11 is 0. The summed E-state index contributed by atoms with van der Waals surface area (Å²) in [4.78, 5) is 7.05. The zero-order valence-electron chi connectivity index (χ0n) is 17.9. The Morgan fingerprint density at radius 2 is 1.97 bits per heavy atom. The number of benzene rings is 1. The van der Waals surface area contributed by atoms with Gasteiger partial charge in [-0.1, -0.05) is 18.2 Å². The third-order valence-corrected chi connectivity index (χ3v) is 5.44. The van der Waals surface area contributed by atoms with E-state index in [1.807, 2.05) is 6.92 Å². The molecule has 10 heteroatoms. The number of hydrogen-bond donors (Lipinski definition) is 2. The summed E-state index contributed by atoms with van der Waals surface area (Å²) in [7, 11) is 0. The van der Waals surface area contributed by atoms with E-state index in [-0.39, 0.29) is 36.3 Å². The molecule has 2 aliphatic heterocycles. The van der Waals surface area contributed by atoms with E-state index in [0.717, 1.165) is 52.5 Å². The zero-order valence-corrected chi connectivity index (χ0v) is 20.2. The predicted molar refractivity (Wildman–Crippen MR) is 126 cm³/mol. The molecule has 1 aromatic carbocycles. The summed E-state index contributed by atoms with van der Waals surface area (Å²) in [5, 5.41) is 6.67. The molecule has 2 atom stereocenters. The second kappa shape index (κ2) is 14.0. The first-order chi connectivity index (χ1) is 14.7. The number of nitrogens with zero attached hydrogens (tertiary/aromatic N) is 2. The van der Waals surface area contributed by atoms with Crippen molar-refractivity contribution in [1.29, 1.82) is 0 Å². The van der Waals surface area contributed by atoms with Crippen LogP contribution in [0.25, 0.3) is 0 Å². The van der Waals surface area contributed by atoms with Gasteiger partial charge in [0.05, 0.1) is 26.4 Å². The van der Waals surface area contributed by atoms with E-state index in [2.05, 4.69) is 25.3 Å². The Kier molecular flexibility index (Phi) is 11.8. The van der Waals surface area contributed by atoms with Crippen molar-refractivity contribution < 1.29 is 23.0 Å². The van der Waals surface area contributed by atoms with Gasteiger partial charge in [0.15, 0.2) is 5.96 Å². The van der Waals surface area contributed by atoms with Crippen molar-refractivity contribution in [2.24, 2.45) is 10.9 Å². The minimum absolute atomic E-state index is 0. The molecule has 2 saturated heterocycles. The van der Waals surface area contributed by atoms with Crippen LogP contribution >= 0.6 is 24.0 Å². The molecule has 0 aliphatic carbocycles. The van der Waals surface area contributed by atoms with Gasteiger partial charge in [0.25, 0.3) is 0 Å². The molecular formula is C21H33F2IN4O3. The average Bonchev–Trinajstić information content (AvgIpc) is 3.28. The fourth-order valence-electron chi connectivity index (χ4n) is 3.91. The van der Waals surface area contributed by atoms with Gasteiger partial charge in [-0.15, -0.1) is 24.0 Å². The van der Waals surface area contributed by atoms with Gasteiger partial charge in [0.2, 0.25) is 0 Å².